The summed E-state index contributed by atoms with van der Waals surface area (Å²) < 4.78 is 13.3. The van der Waals surface area contributed by atoms with Crippen LogP contribution in [-0.2, 0) is 13.1 Å². The van der Waals surface area contributed by atoms with Gasteiger partial charge in [-0.3, -0.25) is 9.59 Å². The molecule has 0 bridgehead atoms. The van der Waals surface area contributed by atoms with Crippen molar-refractivity contribution in [2.45, 2.75) is 13.1 Å². The van der Waals surface area contributed by atoms with Gasteiger partial charge in [-0.15, -0.1) is 0 Å². The predicted octanol–water partition coefficient (Wildman–Crippen LogP) is 2.12. The third-order valence-corrected chi connectivity index (χ3v) is 4.15. The van der Waals surface area contributed by atoms with Crippen molar-refractivity contribution in [3.05, 3.63) is 92.8 Å². The summed E-state index contributed by atoms with van der Waals surface area (Å²) in [7, 11) is 3.16. The smallest absolute Gasteiger partial charge is 0.316 e. The van der Waals surface area contributed by atoms with E-state index in [2.05, 4.69) is 0 Å². The van der Waals surface area contributed by atoms with Crippen molar-refractivity contribution in [2.75, 3.05) is 14.2 Å². The van der Waals surface area contributed by atoms with Crippen LogP contribution in [0.4, 0.5) is 0 Å². The van der Waals surface area contributed by atoms with Gasteiger partial charge in [-0.2, -0.15) is 0 Å². The molecule has 0 fully saturated rings. The second-order valence-corrected chi connectivity index (χ2v) is 5.83. The highest BCUT2D eigenvalue weighted by molar-refractivity contribution is 5.33. The maximum atomic E-state index is 12.5. The third-order valence-electron chi connectivity index (χ3n) is 4.15. The van der Waals surface area contributed by atoms with E-state index < -0.39 is 11.1 Å². The van der Waals surface area contributed by atoms with Crippen LogP contribution in [0.3, 0.4) is 0 Å². The van der Waals surface area contributed by atoms with Crippen LogP contribution in [0.15, 0.2) is 70.5 Å². The van der Waals surface area contributed by atoms with Crippen molar-refractivity contribution in [3.8, 4) is 11.5 Å². The molecule has 0 spiro atoms. The molecule has 0 aliphatic carbocycles. The number of methoxy groups -OCH3 is 2. The highest BCUT2D eigenvalue weighted by Crippen LogP contribution is 2.17. The zero-order chi connectivity index (χ0) is 18.5. The second-order valence-electron chi connectivity index (χ2n) is 5.83. The Morgan fingerprint density at radius 3 is 2.19 bits per heavy atom. The average molecular weight is 352 g/mol. The van der Waals surface area contributed by atoms with E-state index in [0.29, 0.717) is 18.0 Å². The summed E-state index contributed by atoms with van der Waals surface area (Å²) in [6, 6.07) is 14.8. The summed E-state index contributed by atoms with van der Waals surface area (Å²) in [5, 5.41) is 0. The fourth-order valence-corrected chi connectivity index (χ4v) is 2.78. The topological polar surface area (TPSA) is 62.5 Å². The molecular formula is C20H20N2O4. The molecular weight excluding hydrogens is 332 g/mol. The summed E-state index contributed by atoms with van der Waals surface area (Å²) in [5.41, 5.74) is 0.585. The van der Waals surface area contributed by atoms with Crippen LogP contribution in [0, 0.1) is 0 Å². The molecule has 0 saturated carbocycles. The van der Waals surface area contributed by atoms with E-state index in [0.717, 1.165) is 11.1 Å². The minimum Gasteiger partial charge on any atom is -0.497 e. The van der Waals surface area contributed by atoms with Crippen LogP contribution < -0.4 is 20.6 Å². The Hall–Kier alpha value is -3.28. The number of para-hydroxylation sites is 1. The Labute approximate surface area is 150 Å². The Morgan fingerprint density at radius 2 is 1.50 bits per heavy atom. The van der Waals surface area contributed by atoms with E-state index in [1.165, 1.54) is 9.13 Å². The van der Waals surface area contributed by atoms with Crippen LogP contribution in [-0.4, -0.2) is 23.4 Å². The van der Waals surface area contributed by atoms with Gasteiger partial charge in [-0.05, 0) is 23.8 Å². The zero-order valence-electron chi connectivity index (χ0n) is 14.7. The van der Waals surface area contributed by atoms with Crippen molar-refractivity contribution in [1.82, 2.24) is 9.13 Å². The Balaban J connectivity index is 1.89. The molecule has 134 valence electrons. The van der Waals surface area contributed by atoms with Gasteiger partial charge in [0.25, 0.3) is 0 Å². The van der Waals surface area contributed by atoms with Crippen molar-refractivity contribution in [2.24, 2.45) is 0 Å². The first-order valence-electron chi connectivity index (χ1n) is 8.17. The lowest BCUT2D eigenvalue weighted by Gasteiger charge is -2.12. The summed E-state index contributed by atoms with van der Waals surface area (Å²) >= 11 is 0. The Kier molecular flexibility index (Phi) is 5.22. The van der Waals surface area contributed by atoms with E-state index in [4.69, 9.17) is 9.47 Å². The van der Waals surface area contributed by atoms with Crippen LogP contribution in [0.1, 0.15) is 11.1 Å². The first-order chi connectivity index (χ1) is 12.6. The molecule has 6 nitrogen and oxygen atoms in total. The maximum Gasteiger partial charge on any atom is 0.316 e. The number of benzene rings is 2. The summed E-state index contributed by atoms with van der Waals surface area (Å²) in [4.78, 5) is 24.9. The van der Waals surface area contributed by atoms with Gasteiger partial charge in [-0.1, -0.05) is 30.3 Å². The molecule has 0 amide bonds. The fraction of sp³-hybridized carbons (Fsp3) is 0.200. The molecule has 0 saturated heterocycles. The largest absolute Gasteiger partial charge is 0.497 e. The van der Waals surface area contributed by atoms with E-state index >= 15 is 0 Å². The van der Waals surface area contributed by atoms with Gasteiger partial charge in [0, 0.05) is 18.0 Å². The van der Waals surface area contributed by atoms with Crippen molar-refractivity contribution < 1.29 is 9.47 Å². The summed E-state index contributed by atoms with van der Waals surface area (Å²) in [6.45, 7) is 0.582. The first kappa shape index (κ1) is 17.5. The zero-order valence-corrected chi connectivity index (χ0v) is 14.7. The van der Waals surface area contributed by atoms with Crippen molar-refractivity contribution in [3.63, 3.8) is 0 Å². The van der Waals surface area contributed by atoms with Gasteiger partial charge in [0.05, 0.1) is 27.3 Å². The van der Waals surface area contributed by atoms with Crippen LogP contribution >= 0.6 is 0 Å². The van der Waals surface area contributed by atoms with Crippen LogP contribution in [0.2, 0.25) is 0 Å². The van der Waals surface area contributed by atoms with Gasteiger partial charge >= 0.3 is 11.1 Å². The molecule has 0 aliphatic heterocycles. The molecule has 0 atom stereocenters. The molecule has 3 aromatic rings. The summed E-state index contributed by atoms with van der Waals surface area (Å²) in [6.07, 6.45) is 3.25. The average Bonchev–Trinajstić information content (AvgIpc) is 2.68. The second kappa shape index (κ2) is 7.74. The highest BCUT2D eigenvalue weighted by Gasteiger charge is 2.09. The van der Waals surface area contributed by atoms with Gasteiger partial charge < -0.3 is 18.6 Å². The molecule has 0 radical (unpaired) electrons. The number of nitrogens with zero attached hydrogens (tertiary/aromatic N) is 2. The lowest BCUT2D eigenvalue weighted by molar-refractivity contribution is 0.408. The number of ether oxygens (including phenoxy) is 2. The van der Waals surface area contributed by atoms with Gasteiger partial charge in [-0.25, -0.2) is 0 Å². The minimum absolute atomic E-state index is 0.276. The SMILES string of the molecule is COc1cccc(Cn2ccn(Cc3ccccc3OC)c(=O)c2=O)c1. The van der Waals surface area contributed by atoms with E-state index in [1.807, 2.05) is 48.5 Å². The van der Waals surface area contributed by atoms with Crippen molar-refractivity contribution >= 4 is 0 Å². The number of hydrogen-bond acceptors (Lipinski definition) is 4. The molecule has 6 heteroatoms. The van der Waals surface area contributed by atoms with Crippen LogP contribution in [0.5, 0.6) is 11.5 Å². The standard InChI is InChI=1S/C20H20N2O4/c1-25-17-8-5-6-15(12-17)13-21-10-11-22(20(24)19(21)23)14-16-7-3-4-9-18(16)26-2/h3-12H,13-14H2,1-2H3. The minimum atomic E-state index is -0.568. The Bertz CT molecular complexity index is 1020. The first-order valence-corrected chi connectivity index (χ1v) is 8.17. The molecule has 26 heavy (non-hydrogen) atoms. The number of aromatic nitrogens is 2. The predicted molar refractivity (Wildman–Crippen MR) is 99.2 cm³/mol. The van der Waals surface area contributed by atoms with Gasteiger partial charge in [0.15, 0.2) is 0 Å². The Morgan fingerprint density at radius 1 is 0.808 bits per heavy atom. The molecule has 0 aliphatic rings. The monoisotopic (exact) mass is 352 g/mol. The van der Waals surface area contributed by atoms with E-state index in [1.54, 1.807) is 26.6 Å². The maximum absolute atomic E-state index is 12.5. The summed E-state index contributed by atoms with van der Waals surface area (Å²) in [5.74, 6) is 1.39. The normalized spacial score (nSPS) is 10.5. The van der Waals surface area contributed by atoms with Gasteiger partial charge in [0.2, 0.25) is 0 Å². The number of hydrogen-bond donors (Lipinski definition) is 0. The molecule has 1 heterocycles. The van der Waals surface area contributed by atoms with E-state index in [9.17, 15) is 9.59 Å². The molecule has 0 unspecified atom stereocenters. The quantitative estimate of drug-likeness (QED) is 0.638. The highest BCUT2D eigenvalue weighted by atomic mass is 16.5. The lowest BCUT2D eigenvalue weighted by atomic mass is 10.2. The fourth-order valence-electron chi connectivity index (χ4n) is 2.78. The molecule has 3 rings (SSSR count). The molecule has 0 N–H and O–H groups in total. The van der Waals surface area contributed by atoms with Gasteiger partial charge in [0.1, 0.15) is 11.5 Å². The molecule has 2 aromatic carbocycles. The lowest BCUT2D eigenvalue weighted by Crippen LogP contribution is -2.40. The van der Waals surface area contributed by atoms with Crippen molar-refractivity contribution in [1.29, 1.82) is 0 Å². The number of rotatable bonds is 6. The molecule has 1 aromatic heterocycles. The third kappa shape index (κ3) is 3.69. The van der Waals surface area contributed by atoms with Crippen LogP contribution in [0.25, 0.3) is 0 Å². The van der Waals surface area contributed by atoms with E-state index in [-0.39, 0.29) is 6.54 Å².